The van der Waals surface area contributed by atoms with E-state index >= 15 is 0 Å². The molecule has 9 heteroatoms. The van der Waals surface area contributed by atoms with E-state index in [1.54, 1.807) is 24.3 Å². The van der Waals surface area contributed by atoms with E-state index in [0.717, 1.165) is 0 Å². The highest BCUT2D eigenvalue weighted by atomic mass is 19.3. The molecule has 0 fully saturated rings. The van der Waals surface area contributed by atoms with Gasteiger partial charge < -0.3 is 20.5 Å². The monoisotopic (exact) mass is 404 g/mol. The van der Waals surface area contributed by atoms with Crippen LogP contribution in [-0.4, -0.2) is 37.9 Å². The first-order chi connectivity index (χ1) is 13.8. The number of ether oxygens (including phenoxy) is 2. The molecule has 2 amide bonds. The third kappa shape index (κ3) is 6.42. The fourth-order valence-electron chi connectivity index (χ4n) is 2.25. The molecule has 3 N–H and O–H groups in total. The van der Waals surface area contributed by atoms with E-state index in [9.17, 15) is 23.2 Å². The number of alkyl halides is 2. The first-order valence-electron chi connectivity index (χ1n) is 8.32. The number of carbonyl (C=O) groups is 3. The highest BCUT2D eigenvalue weighted by molar-refractivity contribution is 6.03. The summed E-state index contributed by atoms with van der Waals surface area (Å²) in [5, 5.41) is 2.49. The molecule has 0 atom stereocenters. The van der Waals surface area contributed by atoms with E-state index in [0.29, 0.717) is 11.1 Å². The van der Waals surface area contributed by atoms with Gasteiger partial charge in [-0.2, -0.15) is 0 Å². The minimum atomic E-state index is -2.73. The summed E-state index contributed by atoms with van der Waals surface area (Å²) in [4.78, 5) is 34.8. The molecule has 7 nitrogen and oxygen atoms in total. The zero-order valence-electron chi connectivity index (χ0n) is 15.4. The van der Waals surface area contributed by atoms with Gasteiger partial charge in [0.15, 0.2) is 0 Å². The summed E-state index contributed by atoms with van der Waals surface area (Å²) < 4.78 is 34.4. The van der Waals surface area contributed by atoms with Crippen LogP contribution in [0.25, 0.3) is 6.08 Å². The van der Waals surface area contributed by atoms with Crippen LogP contribution in [0.4, 0.5) is 14.5 Å². The molecule has 0 radical (unpaired) electrons. The SMILES string of the molecule is COC(=O)c1ccc(C=CC(=O)Nc2ccc(C(N)=O)cc2OCC(F)F)cc1. The second kappa shape index (κ2) is 9.98. The number of esters is 1. The Bertz CT molecular complexity index is 927. The van der Waals surface area contributed by atoms with Crippen LogP contribution in [0.3, 0.4) is 0 Å². The Morgan fingerprint density at radius 1 is 1.10 bits per heavy atom. The number of benzene rings is 2. The number of amides is 2. The molecule has 0 aliphatic heterocycles. The number of carbonyl (C=O) groups excluding carboxylic acids is 3. The number of nitrogens with two attached hydrogens (primary N) is 1. The molecular formula is C20H18F2N2O5. The zero-order chi connectivity index (χ0) is 21.4. The first kappa shape index (κ1) is 21.5. The Morgan fingerprint density at radius 3 is 2.34 bits per heavy atom. The van der Waals surface area contributed by atoms with Gasteiger partial charge in [-0.05, 0) is 42.0 Å². The molecule has 152 valence electrons. The number of hydrogen-bond donors (Lipinski definition) is 2. The van der Waals surface area contributed by atoms with Crippen molar-refractivity contribution in [3.8, 4) is 5.75 Å². The van der Waals surface area contributed by atoms with Crippen molar-refractivity contribution < 1.29 is 32.6 Å². The number of nitrogens with one attached hydrogen (secondary N) is 1. The smallest absolute Gasteiger partial charge is 0.337 e. The van der Waals surface area contributed by atoms with Crippen molar-refractivity contribution in [1.29, 1.82) is 0 Å². The van der Waals surface area contributed by atoms with Crippen molar-refractivity contribution in [2.45, 2.75) is 6.43 Å². The fraction of sp³-hybridized carbons (Fsp3) is 0.150. The van der Waals surface area contributed by atoms with E-state index in [-0.39, 0.29) is 17.0 Å². The molecule has 0 unspecified atom stereocenters. The minimum Gasteiger partial charge on any atom is -0.485 e. The molecular weight excluding hydrogens is 386 g/mol. The largest absolute Gasteiger partial charge is 0.485 e. The van der Waals surface area contributed by atoms with Crippen LogP contribution in [0.15, 0.2) is 48.5 Å². The lowest BCUT2D eigenvalue weighted by atomic mass is 10.1. The van der Waals surface area contributed by atoms with Gasteiger partial charge >= 0.3 is 5.97 Å². The van der Waals surface area contributed by atoms with Crippen LogP contribution in [0, 0.1) is 0 Å². The summed E-state index contributed by atoms with van der Waals surface area (Å²) in [7, 11) is 1.27. The molecule has 0 spiro atoms. The van der Waals surface area contributed by atoms with E-state index in [4.69, 9.17) is 10.5 Å². The van der Waals surface area contributed by atoms with Crippen LogP contribution in [-0.2, 0) is 9.53 Å². The average molecular weight is 404 g/mol. The van der Waals surface area contributed by atoms with Crippen molar-refractivity contribution in [2.24, 2.45) is 5.73 Å². The summed E-state index contributed by atoms with van der Waals surface area (Å²) in [6, 6.07) is 10.2. The Hall–Kier alpha value is -3.75. The fourth-order valence-corrected chi connectivity index (χ4v) is 2.25. The second-order valence-corrected chi connectivity index (χ2v) is 5.71. The number of rotatable bonds is 8. The molecule has 2 aromatic rings. The molecule has 29 heavy (non-hydrogen) atoms. The molecule has 0 bridgehead atoms. The van der Waals surface area contributed by atoms with Crippen molar-refractivity contribution in [3.05, 3.63) is 65.2 Å². The van der Waals surface area contributed by atoms with Crippen molar-refractivity contribution in [1.82, 2.24) is 0 Å². The van der Waals surface area contributed by atoms with Gasteiger partial charge in [0.25, 0.3) is 6.43 Å². The lowest BCUT2D eigenvalue weighted by Gasteiger charge is -2.12. The quantitative estimate of drug-likeness (QED) is 0.520. The maximum atomic E-state index is 12.4. The molecule has 0 saturated carbocycles. The van der Waals surface area contributed by atoms with E-state index in [1.165, 1.54) is 37.5 Å². The van der Waals surface area contributed by atoms with Gasteiger partial charge in [0.05, 0.1) is 18.4 Å². The van der Waals surface area contributed by atoms with Crippen LogP contribution in [0.1, 0.15) is 26.3 Å². The van der Waals surface area contributed by atoms with Gasteiger partial charge in [-0.3, -0.25) is 9.59 Å². The average Bonchev–Trinajstić information content (AvgIpc) is 2.71. The minimum absolute atomic E-state index is 0.0495. The van der Waals surface area contributed by atoms with E-state index in [1.807, 2.05) is 0 Å². The molecule has 0 aliphatic rings. The third-order valence-corrected chi connectivity index (χ3v) is 3.65. The van der Waals surface area contributed by atoms with Gasteiger partial charge in [-0.1, -0.05) is 12.1 Å². The Morgan fingerprint density at radius 2 is 1.76 bits per heavy atom. The van der Waals surface area contributed by atoms with Crippen LogP contribution in [0.2, 0.25) is 0 Å². The summed E-state index contributed by atoms with van der Waals surface area (Å²) in [5.74, 6) is -1.91. The predicted molar refractivity (Wildman–Crippen MR) is 102 cm³/mol. The van der Waals surface area contributed by atoms with E-state index in [2.05, 4.69) is 10.1 Å². The molecule has 0 heterocycles. The van der Waals surface area contributed by atoms with Gasteiger partial charge in [-0.15, -0.1) is 0 Å². The molecule has 0 aliphatic carbocycles. The van der Waals surface area contributed by atoms with Crippen molar-refractivity contribution in [3.63, 3.8) is 0 Å². The highest BCUT2D eigenvalue weighted by Crippen LogP contribution is 2.26. The molecule has 0 aromatic heterocycles. The van der Waals surface area contributed by atoms with Crippen LogP contribution in [0.5, 0.6) is 5.75 Å². The lowest BCUT2D eigenvalue weighted by Crippen LogP contribution is -2.15. The summed E-state index contributed by atoms with van der Waals surface area (Å²) in [5.41, 5.74) is 6.33. The number of hydrogen-bond acceptors (Lipinski definition) is 5. The summed E-state index contributed by atoms with van der Waals surface area (Å²) in [6.07, 6.45) is -0.0245. The highest BCUT2D eigenvalue weighted by Gasteiger charge is 2.12. The Labute approximate surface area is 165 Å². The third-order valence-electron chi connectivity index (χ3n) is 3.65. The normalized spacial score (nSPS) is 10.8. The van der Waals surface area contributed by atoms with Crippen LogP contribution >= 0.6 is 0 Å². The Kier molecular flexibility index (Phi) is 7.41. The van der Waals surface area contributed by atoms with Gasteiger partial charge in [0, 0.05) is 11.6 Å². The van der Waals surface area contributed by atoms with Gasteiger partial charge in [-0.25, -0.2) is 13.6 Å². The Balaban J connectivity index is 2.11. The second-order valence-electron chi connectivity index (χ2n) is 5.71. The number of anilines is 1. The first-order valence-corrected chi connectivity index (χ1v) is 8.32. The molecule has 0 saturated heterocycles. The van der Waals surface area contributed by atoms with Gasteiger partial charge in [0.2, 0.25) is 11.8 Å². The summed E-state index contributed by atoms with van der Waals surface area (Å²) >= 11 is 0. The lowest BCUT2D eigenvalue weighted by molar-refractivity contribution is -0.111. The molecule has 2 rings (SSSR count). The van der Waals surface area contributed by atoms with Crippen LogP contribution < -0.4 is 15.8 Å². The van der Waals surface area contributed by atoms with Crippen molar-refractivity contribution >= 4 is 29.5 Å². The maximum absolute atomic E-state index is 12.4. The van der Waals surface area contributed by atoms with Crippen molar-refractivity contribution in [2.75, 3.05) is 19.0 Å². The predicted octanol–water partition coefficient (Wildman–Crippen LogP) is 2.87. The standard InChI is InChI=1S/C20H18F2N2O5/c1-28-20(27)13-5-2-12(3-6-13)4-9-18(25)24-15-8-7-14(19(23)26)10-16(15)29-11-17(21)22/h2-10,17H,11H2,1H3,(H2,23,26)(H,24,25). The van der Waals surface area contributed by atoms with E-state index < -0.39 is 30.8 Å². The summed E-state index contributed by atoms with van der Waals surface area (Å²) in [6.45, 7) is -0.909. The topological polar surface area (TPSA) is 108 Å². The zero-order valence-corrected chi connectivity index (χ0v) is 15.4. The maximum Gasteiger partial charge on any atom is 0.337 e. The van der Waals surface area contributed by atoms with Gasteiger partial charge in [0.1, 0.15) is 12.4 Å². The number of methoxy groups -OCH3 is 1. The molecule has 2 aromatic carbocycles. The number of primary amides is 1. The number of halogens is 2.